The van der Waals surface area contributed by atoms with E-state index in [0.717, 1.165) is 0 Å². The molecule has 1 unspecified atom stereocenters. The summed E-state index contributed by atoms with van der Waals surface area (Å²) < 4.78 is 6.84. The van der Waals surface area contributed by atoms with E-state index in [1.54, 1.807) is 78.8 Å². The smallest absolute Gasteiger partial charge is 0.276 e. The molecular weight excluding hydrogens is 372 g/mol. The molecular formula is C20H18N6O3. The number of H-pyrrole nitrogens is 1. The molecule has 0 aliphatic carbocycles. The minimum Gasteiger partial charge on any atom is -0.463 e. The second-order valence-electron chi connectivity index (χ2n) is 6.33. The number of carbonyl (C=O) groups excluding carboxylic acids is 2. The highest BCUT2D eigenvalue weighted by molar-refractivity contribution is 6.04. The molecule has 0 radical (unpaired) electrons. The van der Waals surface area contributed by atoms with Crippen molar-refractivity contribution in [1.82, 2.24) is 20.0 Å². The first kappa shape index (κ1) is 18.2. The van der Waals surface area contributed by atoms with E-state index >= 15 is 0 Å². The number of furan rings is 1. The Hall–Kier alpha value is -4.14. The van der Waals surface area contributed by atoms with Crippen LogP contribution >= 0.6 is 0 Å². The summed E-state index contributed by atoms with van der Waals surface area (Å²) in [6.07, 6.45) is 4.89. The third kappa shape index (κ3) is 4.08. The molecule has 0 fully saturated rings. The highest BCUT2D eigenvalue weighted by atomic mass is 16.3. The van der Waals surface area contributed by atoms with E-state index in [1.807, 2.05) is 0 Å². The van der Waals surface area contributed by atoms with Gasteiger partial charge in [-0.05, 0) is 43.3 Å². The topological polar surface area (TPSA) is 118 Å². The molecule has 0 saturated heterocycles. The SMILES string of the molecule is CC(C(=O)Nc1cccc(NC(=O)c2cc(-c3ccco3)[nH]n2)c1)n1cccn1. The van der Waals surface area contributed by atoms with Gasteiger partial charge >= 0.3 is 0 Å². The van der Waals surface area contributed by atoms with Gasteiger partial charge < -0.3 is 15.1 Å². The van der Waals surface area contributed by atoms with Crippen LogP contribution in [-0.4, -0.2) is 31.8 Å². The van der Waals surface area contributed by atoms with Gasteiger partial charge in [-0.3, -0.25) is 19.4 Å². The van der Waals surface area contributed by atoms with Crippen LogP contribution in [0.4, 0.5) is 11.4 Å². The molecule has 3 aromatic heterocycles. The molecule has 4 aromatic rings. The molecule has 2 amide bonds. The average molecular weight is 390 g/mol. The van der Waals surface area contributed by atoms with E-state index < -0.39 is 6.04 Å². The number of nitrogens with zero attached hydrogens (tertiary/aromatic N) is 3. The number of anilines is 2. The molecule has 3 heterocycles. The van der Waals surface area contributed by atoms with Crippen LogP contribution in [0.3, 0.4) is 0 Å². The average Bonchev–Trinajstić information content (AvgIpc) is 3.49. The van der Waals surface area contributed by atoms with Gasteiger partial charge in [-0.25, -0.2) is 0 Å². The lowest BCUT2D eigenvalue weighted by atomic mass is 10.2. The van der Waals surface area contributed by atoms with E-state index in [2.05, 4.69) is 25.9 Å². The Kier molecular flexibility index (Phi) is 4.93. The van der Waals surface area contributed by atoms with Crippen molar-refractivity contribution < 1.29 is 14.0 Å². The quantitative estimate of drug-likeness (QED) is 0.467. The number of carbonyl (C=O) groups is 2. The monoisotopic (exact) mass is 390 g/mol. The summed E-state index contributed by atoms with van der Waals surface area (Å²) >= 11 is 0. The van der Waals surface area contributed by atoms with Crippen molar-refractivity contribution in [2.24, 2.45) is 0 Å². The maximum atomic E-state index is 12.5. The van der Waals surface area contributed by atoms with Crippen molar-refractivity contribution in [3.63, 3.8) is 0 Å². The predicted molar refractivity (Wildman–Crippen MR) is 106 cm³/mol. The predicted octanol–water partition coefficient (Wildman–Crippen LogP) is 3.32. The standard InChI is InChI=1S/C20H18N6O3/c1-13(26-9-4-8-21-26)19(27)22-14-5-2-6-15(11-14)23-20(28)17-12-16(24-25-17)18-7-3-10-29-18/h2-13H,1H3,(H,22,27)(H,23,28)(H,24,25). The molecule has 0 spiro atoms. The second-order valence-corrected chi connectivity index (χ2v) is 6.33. The van der Waals surface area contributed by atoms with E-state index in [-0.39, 0.29) is 17.5 Å². The van der Waals surface area contributed by atoms with Gasteiger partial charge in [0.25, 0.3) is 5.91 Å². The molecule has 1 aromatic carbocycles. The van der Waals surface area contributed by atoms with Crippen molar-refractivity contribution in [2.75, 3.05) is 10.6 Å². The van der Waals surface area contributed by atoms with Gasteiger partial charge in [0.15, 0.2) is 11.5 Å². The van der Waals surface area contributed by atoms with Crippen molar-refractivity contribution in [1.29, 1.82) is 0 Å². The van der Waals surface area contributed by atoms with Crippen molar-refractivity contribution in [2.45, 2.75) is 13.0 Å². The fourth-order valence-corrected chi connectivity index (χ4v) is 2.74. The first-order chi connectivity index (χ1) is 14.1. The number of aromatic nitrogens is 4. The van der Waals surface area contributed by atoms with E-state index in [4.69, 9.17) is 4.42 Å². The number of rotatable bonds is 6. The summed E-state index contributed by atoms with van der Waals surface area (Å²) in [5, 5.41) is 16.4. The normalized spacial score (nSPS) is 11.8. The van der Waals surface area contributed by atoms with Crippen LogP contribution in [0.15, 0.2) is 71.6 Å². The molecule has 146 valence electrons. The van der Waals surface area contributed by atoms with Gasteiger partial charge in [0.05, 0.1) is 6.26 Å². The van der Waals surface area contributed by atoms with E-state index in [0.29, 0.717) is 22.8 Å². The number of aromatic amines is 1. The van der Waals surface area contributed by atoms with Crippen LogP contribution < -0.4 is 10.6 Å². The van der Waals surface area contributed by atoms with E-state index in [1.165, 1.54) is 0 Å². The fourth-order valence-electron chi connectivity index (χ4n) is 2.74. The molecule has 0 saturated carbocycles. The van der Waals surface area contributed by atoms with Crippen LogP contribution in [0.25, 0.3) is 11.5 Å². The highest BCUT2D eigenvalue weighted by Gasteiger charge is 2.16. The lowest BCUT2D eigenvalue weighted by Crippen LogP contribution is -2.24. The Morgan fingerprint density at radius 2 is 1.93 bits per heavy atom. The molecule has 0 aliphatic rings. The first-order valence-electron chi connectivity index (χ1n) is 8.91. The van der Waals surface area contributed by atoms with Crippen LogP contribution in [0, 0.1) is 0 Å². The van der Waals surface area contributed by atoms with Crippen LogP contribution in [0.2, 0.25) is 0 Å². The molecule has 0 bridgehead atoms. The molecule has 9 heteroatoms. The maximum Gasteiger partial charge on any atom is 0.276 e. The highest BCUT2D eigenvalue weighted by Crippen LogP contribution is 2.20. The third-order valence-electron chi connectivity index (χ3n) is 4.29. The summed E-state index contributed by atoms with van der Waals surface area (Å²) in [5.74, 6) is -0.00688. The summed E-state index contributed by atoms with van der Waals surface area (Å²) in [4.78, 5) is 24.9. The Balaban J connectivity index is 1.42. The minimum atomic E-state index is -0.465. The van der Waals surface area contributed by atoms with Gasteiger partial charge in [-0.15, -0.1) is 0 Å². The Labute approximate surface area is 165 Å². The van der Waals surface area contributed by atoms with E-state index in [9.17, 15) is 9.59 Å². The molecule has 9 nitrogen and oxygen atoms in total. The van der Waals surface area contributed by atoms with Gasteiger partial charge in [-0.2, -0.15) is 10.2 Å². The molecule has 1 atom stereocenters. The summed E-state index contributed by atoms with van der Waals surface area (Å²) in [7, 11) is 0. The van der Waals surface area contributed by atoms with Crippen molar-refractivity contribution in [3.8, 4) is 11.5 Å². The summed E-state index contributed by atoms with van der Waals surface area (Å²) in [6, 6.07) is 13.3. The number of hydrogen-bond donors (Lipinski definition) is 3. The summed E-state index contributed by atoms with van der Waals surface area (Å²) in [6.45, 7) is 1.75. The Morgan fingerprint density at radius 3 is 2.66 bits per heavy atom. The Bertz CT molecular complexity index is 1120. The zero-order valence-corrected chi connectivity index (χ0v) is 15.5. The largest absolute Gasteiger partial charge is 0.463 e. The van der Waals surface area contributed by atoms with Gasteiger partial charge in [0.1, 0.15) is 11.7 Å². The van der Waals surface area contributed by atoms with Crippen LogP contribution in [-0.2, 0) is 4.79 Å². The van der Waals surface area contributed by atoms with Gasteiger partial charge in [0, 0.05) is 29.8 Å². The first-order valence-corrected chi connectivity index (χ1v) is 8.91. The minimum absolute atomic E-state index is 0.215. The van der Waals surface area contributed by atoms with Crippen LogP contribution in [0.5, 0.6) is 0 Å². The lowest BCUT2D eigenvalue weighted by molar-refractivity contribution is -0.119. The van der Waals surface area contributed by atoms with Gasteiger partial charge in [0.2, 0.25) is 5.91 Å². The summed E-state index contributed by atoms with van der Waals surface area (Å²) in [5.41, 5.74) is 1.92. The molecule has 3 N–H and O–H groups in total. The lowest BCUT2D eigenvalue weighted by Gasteiger charge is -2.13. The number of hydrogen-bond acceptors (Lipinski definition) is 5. The molecule has 0 aliphatic heterocycles. The zero-order chi connectivity index (χ0) is 20.2. The van der Waals surface area contributed by atoms with Crippen molar-refractivity contribution in [3.05, 3.63) is 72.9 Å². The number of nitrogens with one attached hydrogen (secondary N) is 3. The molecule has 4 rings (SSSR count). The zero-order valence-electron chi connectivity index (χ0n) is 15.5. The molecule has 29 heavy (non-hydrogen) atoms. The van der Waals surface area contributed by atoms with Crippen LogP contribution in [0.1, 0.15) is 23.5 Å². The maximum absolute atomic E-state index is 12.5. The third-order valence-corrected chi connectivity index (χ3v) is 4.29. The van der Waals surface area contributed by atoms with Gasteiger partial charge in [-0.1, -0.05) is 6.07 Å². The number of amides is 2. The number of benzene rings is 1. The van der Waals surface area contributed by atoms with Crippen molar-refractivity contribution >= 4 is 23.2 Å². The fraction of sp³-hybridized carbons (Fsp3) is 0.100. The second kappa shape index (κ2) is 7.85. The Morgan fingerprint density at radius 1 is 1.10 bits per heavy atom.